The topological polar surface area (TPSA) is 9.23 Å². The van der Waals surface area contributed by atoms with E-state index in [1.165, 1.54) is 0 Å². The molecule has 2 aliphatic rings. The Labute approximate surface area is 359 Å². The summed E-state index contributed by atoms with van der Waals surface area (Å²) in [6.07, 6.45) is 0. The van der Waals surface area contributed by atoms with E-state index in [1.807, 2.05) is 0 Å². The average Bonchev–Trinajstić information content (AvgIpc) is 2.63. The minimum Gasteiger partial charge on any atom is -0.338 e. The van der Waals surface area contributed by atoms with E-state index >= 15 is 0 Å². The Hall–Kier alpha value is 9.56. The zero-order valence-corrected chi connectivity index (χ0v) is 45.8. The van der Waals surface area contributed by atoms with E-state index in [2.05, 4.69) is 319 Å². The molecule has 2 rings (SSSR count). The minimum absolute atomic E-state index is 0.456. The molecule has 0 N–H and O–H groups in total. The van der Waals surface area contributed by atoms with Crippen molar-refractivity contribution in [3.8, 4) is 0 Å². The molecule has 0 bridgehead atoms. The smallest absolute Gasteiger partial charge is 0.166 e. The summed E-state index contributed by atoms with van der Waals surface area (Å²) < 4.78 is -2.46. The van der Waals surface area contributed by atoms with Crippen molar-refractivity contribution in [1.82, 2.24) is 0 Å². The van der Waals surface area contributed by atoms with E-state index in [0.717, 1.165) is 0 Å². The number of hydrogen-bond donors (Lipinski definition) is 0. The zero-order valence-electron chi connectivity index (χ0n) is 14.1. The van der Waals surface area contributed by atoms with Gasteiger partial charge < -0.3 is 4.74 Å². The van der Waals surface area contributed by atoms with Gasteiger partial charge >= 0.3 is 0 Å². The zero-order chi connectivity index (χ0) is 26.9. The van der Waals surface area contributed by atoms with Gasteiger partial charge in [-0.15, -0.1) is 0 Å². The fraction of sp³-hybridized carbons (Fsp3) is 1.00. The predicted octanol–water partition coefficient (Wildman–Crippen LogP) is 14.6. The van der Waals surface area contributed by atoms with Gasteiger partial charge in [-0.1, -0.05) is 287 Å². The minimum atomic E-state index is -1.21. The Morgan fingerprint density at radius 2 is 0.545 bits per heavy atom. The molecule has 0 heterocycles. The van der Waals surface area contributed by atoms with Gasteiger partial charge in [0.15, 0.2) is 9.02 Å². The van der Waals surface area contributed by atoms with Crippen molar-refractivity contribution in [3.63, 3.8) is 0 Å². The quantitative estimate of drug-likeness (QED) is 0.250. The lowest BCUT2D eigenvalue weighted by Gasteiger charge is -2.67. The van der Waals surface area contributed by atoms with Crippen LogP contribution in [-0.4, -0.2) is 44.5 Å². The molecule has 0 aromatic rings. The van der Waals surface area contributed by atoms with Crippen LogP contribution in [0.4, 0.5) is 0 Å². The number of ether oxygens (including phenoxy) is 1. The molecule has 1 nitrogen and oxygen atoms in total. The predicted molar refractivity (Wildman–Crippen MR) is 215 cm³/mol. The van der Waals surface area contributed by atoms with Gasteiger partial charge in [-0.05, 0) is 31.9 Å². The monoisotopic (exact) mass is 1740 g/mol. The lowest BCUT2D eigenvalue weighted by molar-refractivity contribution is -0.0700. The molecule has 0 radical (unpaired) electrons. The van der Waals surface area contributed by atoms with E-state index in [-0.39, 0.29) is 0 Å². The van der Waals surface area contributed by atoms with Crippen molar-refractivity contribution in [2.24, 2.45) is 0 Å². The fourth-order valence-electron chi connectivity index (χ4n) is 2.79. The van der Waals surface area contributed by atoms with Crippen LogP contribution in [0.3, 0.4) is 0 Å². The Balaban J connectivity index is 2.85. The van der Waals surface area contributed by atoms with Gasteiger partial charge in [-0.25, -0.2) is 0 Å². The summed E-state index contributed by atoms with van der Waals surface area (Å²) in [4.78, 5) is -0.911. The molecule has 0 amide bonds. The van der Waals surface area contributed by atoms with Crippen LogP contribution in [0, 0.1) is 0 Å². The summed E-state index contributed by atoms with van der Waals surface area (Å²) in [6, 6.07) is 0. The van der Waals surface area contributed by atoms with Crippen molar-refractivity contribution in [1.29, 1.82) is 0 Å². The Kier molecular flexibility index (Phi) is 13.7. The lowest BCUT2D eigenvalue weighted by Crippen LogP contribution is -2.80. The van der Waals surface area contributed by atoms with Crippen LogP contribution >= 0.6 is 319 Å². The van der Waals surface area contributed by atoms with Crippen LogP contribution in [0.5, 0.6) is 0 Å². The summed E-state index contributed by atoms with van der Waals surface area (Å²) in [5.41, 5.74) is 0. The van der Waals surface area contributed by atoms with Gasteiger partial charge in [0.05, 0.1) is 9.65 Å². The lowest BCUT2D eigenvalue weighted by atomic mass is 9.92. The highest BCUT2D eigenvalue weighted by molar-refractivity contribution is 9.36. The second kappa shape index (κ2) is 11.7. The van der Waals surface area contributed by atoms with Gasteiger partial charge in [0.25, 0.3) is 0 Å². The van der Waals surface area contributed by atoms with Crippen molar-refractivity contribution in [2.45, 2.75) is 44.5 Å². The Bertz CT molecular complexity index is 752. The molecule has 0 spiro atoms. The highest BCUT2D eigenvalue weighted by Crippen LogP contribution is 2.81. The van der Waals surface area contributed by atoms with Crippen molar-refractivity contribution < 1.29 is 4.74 Å². The normalized spacial score (nSPS) is 43.6. The van der Waals surface area contributed by atoms with E-state index in [4.69, 9.17) is 4.74 Å². The highest BCUT2D eigenvalue weighted by Gasteiger charge is 2.85. The number of hydrogen-bond acceptors (Lipinski definition) is 1. The first-order chi connectivity index (χ1) is 14.0. The first-order valence-corrected chi connectivity index (χ1v) is 23.5. The molecule has 2 fully saturated rings. The van der Waals surface area contributed by atoms with Crippen LogP contribution < -0.4 is 0 Å². The van der Waals surface area contributed by atoms with Crippen molar-refractivity contribution >= 4 is 319 Å². The van der Waals surface area contributed by atoms with Crippen LogP contribution in [0.1, 0.15) is 0 Å². The highest BCUT2D eigenvalue weighted by atomic mass is 80.0. The molecular formula is C12H2Br20O. The maximum atomic E-state index is 7.12. The summed E-state index contributed by atoms with van der Waals surface area (Å²) >= 11 is 77.0. The molecule has 0 aromatic carbocycles. The van der Waals surface area contributed by atoms with Gasteiger partial charge in [0.2, 0.25) is 0 Å². The average molecular weight is 1760 g/mol. The molecule has 0 aliphatic heterocycles. The maximum Gasteiger partial charge on any atom is 0.166 e. The molecule has 0 saturated heterocycles. The first-order valence-electron chi connectivity index (χ1n) is 7.40. The molecule has 0 aromatic heterocycles. The van der Waals surface area contributed by atoms with Gasteiger partial charge in [0.1, 0.15) is 25.9 Å². The SMILES string of the molecule is BrC1C(Br)(Br)C(Br)(Br)C(Br)(Br)C(Br)(Br)C1(Br)OC1(Br)C(Br)C(Br)(Br)C(Br)(Br)C(Br)(Br)C1(Br)Br. The van der Waals surface area contributed by atoms with Crippen LogP contribution in [0.15, 0.2) is 0 Å². The molecule has 2 aliphatic carbocycles. The van der Waals surface area contributed by atoms with Gasteiger partial charge in [-0.3, -0.25) is 0 Å². The van der Waals surface area contributed by atoms with Gasteiger partial charge in [-0.2, -0.15) is 0 Å². The number of halogens is 20. The molecular weight excluding hydrogens is 1760 g/mol. The van der Waals surface area contributed by atoms with E-state index in [9.17, 15) is 0 Å². The summed E-state index contributed by atoms with van der Waals surface area (Å²) in [5.74, 6) is 0. The van der Waals surface area contributed by atoms with Crippen molar-refractivity contribution in [2.75, 3.05) is 0 Å². The summed E-state index contributed by atoms with van der Waals surface area (Å²) in [5, 5.41) is 0. The molecule has 4 atom stereocenters. The van der Waals surface area contributed by atoms with E-state index < -0.39 is 44.5 Å². The molecule has 21 heteroatoms. The van der Waals surface area contributed by atoms with E-state index in [0.29, 0.717) is 0 Å². The van der Waals surface area contributed by atoms with Crippen molar-refractivity contribution in [3.05, 3.63) is 0 Å². The van der Waals surface area contributed by atoms with E-state index in [1.54, 1.807) is 0 Å². The maximum absolute atomic E-state index is 7.12. The molecule has 2 saturated carbocycles. The van der Waals surface area contributed by atoms with Crippen LogP contribution in [0.25, 0.3) is 0 Å². The van der Waals surface area contributed by atoms with Crippen LogP contribution in [0.2, 0.25) is 0 Å². The first kappa shape index (κ1) is 38.7. The standard InChI is InChI=1S/C12H2Br20O/c13-1-3(15,16)7(21,22)11(29,30)9(25,26)5(1,19)33-6(20)2(14)4(17,18)8(23,24)12(31,32)10(6,27)28/h1-2H. The molecule has 196 valence electrons. The third-order valence-corrected chi connectivity index (χ3v) is 47.1. The van der Waals surface area contributed by atoms with Gasteiger partial charge in [0, 0.05) is 0 Å². The molecule has 4 unspecified atom stereocenters. The fourth-order valence-corrected chi connectivity index (χ4v) is 24.8. The number of alkyl halides is 20. The largest absolute Gasteiger partial charge is 0.338 e. The molecule has 33 heavy (non-hydrogen) atoms. The Morgan fingerprint density at radius 3 is 0.758 bits per heavy atom. The second-order valence-electron chi connectivity index (χ2n) is 6.81. The Morgan fingerprint density at radius 1 is 0.333 bits per heavy atom. The second-order valence-corrected chi connectivity index (χ2v) is 38.8. The summed E-state index contributed by atoms with van der Waals surface area (Å²) in [7, 11) is 0. The van der Waals surface area contributed by atoms with Crippen LogP contribution in [-0.2, 0) is 4.74 Å². The third kappa shape index (κ3) is 5.23. The third-order valence-electron chi connectivity index (χ3n) is 4.86. The number of rotatable bonds is 2. The summed E-state index contributed by atoms with van der Waals surface area (Å²) in [6.45, 7) is 0.